The molecule has 2 unspecified atom stereocenters. The number of hydrogen-bond donors (Lipinski definition) is 0. The van der Waals surface area contributed by atoms with Crippen LogP contribution in [-0.2, 0) is 0 Å². The van der Waals surface area contributed by atoms with E-state index in [2.05, 4.69) is 27.7 Å². The average molecular weight is 451 g/mol. The van der Waals surface area contributed by atoms with Gasteiger partial charge in [0, 0.05) is 0 Å². The molecule has 194 valence electrons. The Bertz CT molecular complexity index is 320. The highest BCUT2D eigenvalue weighted by Crippen LogP contribution is 2.20. The van der Waals surface area contributed by atoms with E-state index >= 15 is 0 Å². The first-order chi connectivity index (χ1) is 15.7. The summed E-state index contributed by atoms with van der Waals surface area (Å²) in [7, 11) is 0. The summed E-state index contributed by atoms with van der Waals surface area (Å²) in [6, 6.07) is 0. The van der Waals surface area contributed by atoms with Gasteiger partial charge in [0.05, 0.1) is 0 Å². The van der Waals surface area contributed by atoms with E-state index < -0.39 is 0 Å². The molecule has 0 bridgehead atoms. The first-order valence-corrected chi connectivity index (χ1v) is 15.7. The molecule has 0 aliphatic carbocycles. The molecular formula is C32H66. The molecule has 0 aliphatic heterocycles. The molecule has 0 saturated heterocycles. The Hall–Kier alpha value is 0. The zero-order valence-electron chi connectivity index (χ0n) is 23.5. The highest BCUT2D eigenvalue weighted by atomic mass is 14.1. The summed E-state index contributed by atoms with van der Waals surface area (Å²) in [5.74, 6) is 1.93. The first kappa shape index (κ1) is 32.0. The molecule has 0 aromatic carbocycles. The fourth-order valence-corrected chi connectivity index (χ4v) is 5.23. The van der Waals surface area contributed by atoms with Crippen LogP contribution in [0.2, 0.25) is 0 Å². The van der Waals surface area contributed by atoms with Gasteiger partial charge in [-0.25, -0.2) is 0 Å². The molecule has 0 amide bonds. The molecule has 0 radical (unpaired) electrons. The summed E-state index contributed by atoms with van der Waals surface area (Å²) in [4.78, 5) is 0. The van der Waals surface area contributed by atoms with E-state index in [1.165, 1.54) is 167 Å². The normalized spacial score (nSPS) is 13.5. The van der Waals surface area contributed by atoms with Crippen molar-refractivity contribution in [1.82, 2.24) is 0 Å². The van der Waals surface area contributed by atoms with Gasteiger partial charge in [-0.3, -0.25) is 0 Å². The van der Waals surface area contributed by atoms with E-state index in [1.54, 1.807) is 0 Å². The lowest BCUT2D eigenvalue weighted by Gasteiger charge is -2.12. The smallest absolute Gasteiger partial charge is 0.0443 e. The quantitative estimate of drug-likeness (QED) is 0.109. The summed E-state index contributed by atoms with van der Waals surface area (Å²) < 4.78 is 0. The van der Waals surface area contributed by atoms with Gasteiger partial charge in [0.1, 0.15) is 0 Å². The maximum Gasteiger partial charge on any atom is -0.0443 e. The van der Waals surface area contributed by atoms with Crippen molar-refractivity contribution in [2.75, 3.05) is 0 Å². The van der Waals surface area contributed by atoms with Gasteiger partial charge in [0.25, 0.3) is 0 Å². The minimum atomic E-state index is 0.966. The molecule has 0 rings (SSSR count). The molecule has 0 heterocycles. The highest BCUT2D eigenvalue weighted by Gasteiger charge is 2.04. The van der Waals surface area contributed by atoms with Crippen LogP contribution in [0.3, 0.4) is 0 Å². The molecule has 0 heteroatoms. The largest absolute Gasteiger partial charge is 0.0654 e. The Morgan fingerprint density at radius 3 is 0.688 bits per heavy atom. The van der Waals surface area contributed by atoms with E-state index in [9.17, 15) is 0 Å². The van der Waals surface area contributed by atoms with Gasteiger partial charge in [0.2, 0.25) is 0 Å². The van der Waals surface area contributed by atoms with Crippen molar-refractivity contribution in [2.45, 2.75) is 195 Å². The maximum absolute atomic E-state index is 2.49. The number of hydrogen-bond acceptors (Lipinski definition) is 0. The van der Waals surface area contributed by atoms with Gasteiger partial charge in [-0.15, -0.1) is 0 Å². The summed E-state index contributed by atoms with van der Waals surface area (Å²) >= 11 is 0. The summed E-state index contributed by atoms with van der Waals surface area (Å²) in [5, 5.41) is 0. The van der Waals surface area contributed by atoms with Crippen LogP contribution in [0, 0.1) is 11.8 Å². The van der Waals surface area contributed by atoms with Gasteiger partial charge in [-0.1, -0.05) is 195 Å². The Morgan fingerprint density at radius 2 is 0.469 bits per heavy atom. The molecule has 0 aromatic heterocycles. The average Bonchev–Trinajstić information content (AvgIpc) is 2.79. The van der Waals surface area contributed by atoms with E-state index in [0.29, 0.717) is 0 Å². The van der Waals surface area contributed by atoms with Crippen molar-refractivity contribution in [3.05, 3.63) is 0 Å². The third-order valence-electron chi connectivity index (χ3n) is 7.74. The van der Waals surface area contributed by atoms with Crippen LogP contribution in [0.5, 0.6) is 0 Å². The molecule has 2 atom stereocenters. The summed E-state index contributed by atoms with van der Waals surface area (Å²) in [6.45, 7) is 9.60. The van der Waals surface area contributed by atoms with Crippen LogP contribution in [0.15, 0.2) is 0 Å². The van der Waals surface area contributed by atoms with Gasteiger partial charge in [-0.05, 0) is 11.8 Å². The predicted molar refractivity (Wildman–Crippen MR) is 150 cm³/mol. The van der Waals surface area contributed by atoms with Crippen molar-refractivity contribution >= 4 is 0 Å². The van der Waals surface area contributed by atoms with Gasteiger partial charge < -0.3 is 0 Å². The van der Waals surface area contributed by atoms with Gasteiger partial charge in [-0.2, -0.15) is 0 Å². The second-order valence-electron chi connectivity index (χ2n) is 11.4. The molecular weight excluding hydrogens is 384 g/mol. The second-order valence-corrected chi connectivity index (χ2v) is 11.4. The Labute approximate surface area is 206 Å². The van der Waals surface area contributed by atoms with Gasteiger partial charge >= 0.3 is 0 Å². The van der Waals surface area contributed by atoms with Crippen molar-refractivity contribution in [3.63, 3.8) is 0 Å². The summed E-state index contributed by atoms with van der Waals surface area (Å²) in [6.07, 6.45) is 38.1. The number of rotatable bonds is 27. The van der Waals surface area contributed by atoms with Crippen LogP contribution >= 0.6 is 0 Å². The van der Waals surface area contributed by atoms with Crippen molar-refractivity contribution < 1.29 is 0 Å². The molecule has 0 nitrogen and oxygen atoms in total. The second kappa shape index (κ2) is 27.2. The predicted octanol–water partition coefficient (Wildman–Crippen LogP) is 12.4. The van der Waals surface area contributed by atoms with Crippen LogP contribution in [-0.4, -0.2) is 0 Å². The van der Waals surface area contributed by atoms with Crippen molar-refractivity contribution in [2.24, 2.45) is 11.8 Å². The monoisotopic (exact) mass is 451 g/mol. The lowest BCUT2D eigenvalue weighted by molar-refractivity contribution is 0.422. The standard InChI is InChI=1S/C32H66/c1-5-7-9-11-13-16-20-24-28-32(4)30-26-22-18-14-17-21-25-29-31(3)27-23-19-15-12-10-8-6-2/h31-32H,5-30H2,1-4H3. The zero-order chi connectivity index (χ0) is 23.5. The molecule has 0 spiro atoms. The zero-order valence-corrected chi connectivity index (χ0v) is 23.5. The molecule has 0 fully saturated rings. The SMILES string of the molecule is CCCCCCCCCCC(C)CCCCCCCCCC(C)CCCCCCCCC. The van der Waals surface area contributed by atoms with E-state index in [0.717, 1.165) is 11.8 Å². The molecule has 0 N–H and O–H groups in total. The lowest BCUT2D eigenvalue weighted by atomic mass is 9.95. The van der Waals surface area contributed by atoms with E-state index in [4.69, 9.17) is 0 Å². The lowest BCUT2D eigenvalue weighted by Crippen LogP contribution is -1.96. The van der Waals surface area contributed by atoms with Crippen LogP contribution in [0.1, 0.15) is 195 Å². The van der Waals surface area contributed by atoms with Crippen LogP contribution in [0.4, 0.5) is 0 Å². The van der Waals surface area contributed by atoms with Crippen molar-refractivity contribution in [1.29, 1.82) is 0 Å². The topological polar surface area (TPSA) is 0 Å². The highest BCUT2D eigenvalue weighted by molar-refractivity contribution is 4.58. The Balaban J connectivity index is 3.23. The van der Waals surface area contributed by atoms with E-state index in [1.807, 2.05) is 0 Å². The van der Waals surface area contributed by atoms with Crippen LogP contribution in [0.25, 0.3) is 0 Å². The fourth-order valence-electron chi connectivity index (χ4n) is 5.23. The van der Waals surface area contributed by atoms with Crippen molar-refractivity contribution in [3.8, 4) is 0 Å². The maximum atomic E-state index is 2.49. The number of unbranched alkanes of at least 4 members (excludes halogenated alkanes) is 19. The van der Waals surface area contributed by atoms with E-state index in [-0.39, 0.29) is 0 Å². The van der Waals surface area contributed by atoms with Gasteiger partial charge in [0.15, 0.2) is 0 Å². The summed E-state index contributed by atoms with van der Waals surface area (Å²) in [5.41, 5.74) is 0. The molecule has 0 aromatic rings. The molecule has 0 aliphatic rings. The molecule has 0 saturated carbocycles. The minimum absolute atomic E-state index is 0.966. The Kier molecular flexibility index (Phi) is 27.2. The van der Waals surface area contributed by atoms with Crippen LogP contribution < -0.4 is 0 Å². The third-order valence-corrected chi connectivity index (χ3v) is 7.74. The fraction of sp³-hybridized carbons (Fsp3) is 1.00. The molecule has 32 heavy (non-hydrogen) atoms. The Morgan fingerprint density at radius 1 is 0.281 bits per heavy atom. The first-order valence-electron chi connectivity index (χ1n) is 15.7. The minimum Gasteiger partial charge on any atom is -0.0654 e. The third kappa shape index (κ3) is 26.3.